The van der Waals surface area contributed by atoms with Crippen LogP contribution in [0, 0.1) is 6.92 Å². The molecule has 0 saturated heterocycles. The number of aryl methyl sites for hydroxylation is 1. The van der Waals surface area contributed by atoms with Gasteiger partial charge in [0.1, 0.15) is 0 Å². The molecule has 1 amide bonds. The molecule has 0 aliphatic heterocycles. The molecule has 0 aromatic heterocycles. The summed E-state index contributed by atoms with van der Waals surface area (Å²) in [6.45, 7) is 1.80. The molecule has 0 heterocycles. The van der Waals surface area contributed by atoms with Crippen LogP contribution in [0.2, 0.25) is 0 Å². The molecule has 6 nitrogen and oxygen atoms in total. The molecule has 2 aliphatic rings. The number of carbonyl (C=O) groups is 1. The fourth-order valence-electron chi connectivity index (χ4n) is 2.98. The van der Waals surface area contributed by atoms with E-state index in [0.29, 0.717) is 18.4 Å². The summed E-state index contributed by atoms with van der Waals surface area (Å²) in [4.78, 5) is 12.7. The number of sulfonamides is 1. The number of carbonyl (C=O) groups excluding carboxylic acids is 1. The Morgan fingerprint density at radius 2 is 1.71 bits per heavy atom. The summed E-state index contributed by atoms with van der Waals surface area (Å²) in [6.07, 6.45) is 4.31. The minimum absolute atomic E-state index is 0.0299. The quantitative estimate of drug-likeness (QED) is 0.748. The fourth-order valence-corrected chi connectivity index (χ4v) is 4.32. The first-order valence-electron chi connectivity index (χ1n) is 8.47. The van der Waals surface area contributed by atoms with Gasteiger partial charge in [-0.25, -0.2) is 13.1 Å². The third kappa shape index (κ3) is 4.15. The van der Waals surface area contributed by atoms with Gasteiger partial charge in [-0.05, 0) is 63.1 Å². The van der Waals surface area contributed by atoms with Crippen LogP contribution in [0.25, 0.3) is 0 Å². The van der Waals surface area contributed by atoms with Gasteiger partial charge in [0.15, 0.2) is 0 Å². The van der Waals surface area contributed by atoms with Gasteiger partial charge >= 0.3 is 0 Å². The highest BCUT2D eigenvalue weighted by molar-refractivity contribution is 7.89. The van der Waals surface area contributed by atoms with E-state index >= 15 is 0 Å². The number of rotatable bonds is 5. The number of hydrogen-bond acceptors (Lipinski definition) is 4. The van der Waals surface area contributed by atoms with Gasteiger partial charge in [-0.3, -0.25) is 4.79 Å². The lowest BCUT2D eigenvalue weighted by Crippen LogP contribution is -2.39. The molecule has 1 aromatic rings. The summed E-state index contributed by atoms with van der Waals surface area (Å²) in [5.74, 6) is -0.252. The summed E-state index contributed by atoms with van der Waals surface area (Å²) < 4.78 is 27.3. The number of benzene rings is 1. The number of nitrogens with one attached hydrogen (secondary N) is 2. The molecule has 24 heavy (non-hydrogen) atoms. The highest BCUT2D eigenvalue weighted by Crippen LogP contribution is 2.24. The van der Waals surface area contributed by atoms with Crippen LogP contribution in [-0.4, -0.2) is 37.6 Å². The molecule has 0 atom stereocenters. The second-order valence-electron chi connectivity index (χ2n) is 6.85. The Morgan fingerprint density at radius 1 is 1.08 bits per heavy atom. The molecule has 3 N–H and O–H groups in total. The van der Waals surface area contributed by atoms with Gasteiger partial charge in [-0.15, -0.1) is 0 Å². The van der Waals surface area contributed by atoms with E-state index in [1.807, 2.05) is 0 Å². The molecule has 7 heteroatoms. The second-order valence-corrected chi connectivity index (χ2v) is 8.57. The van der Waals surface area contributed by atoms with Crippen molar-refractivity contribution in [1.82, 2.24) is 10.0 Å². The average Bonchev–Trinajstić information content (AvgIpc) is 3.33. The predicted octanol–water partition coefficient (Wildman–Crippen LogP) is 1.47. The van der Waals surface area contributed by atoms with Crippen LogP contribution in [0.5, 0.6) is 0 Å². The Bertz CT molecular complexity index is 720. The van der Waals surface area contributed by atoms with Crippen molar-refractivity contribution >= 4 is 15.9 Å². The van der Waals surface area contributed by atoms with Gasteiger partial charge in [-0.2, -0.15) is 0 Å². The largest absolute Gasteiger partial charge is 0.393 e. The lowest BCUT2D eigenvalue weighted by atomic mass is 9.93. The summed E-state index contributed by atoms with van der Waals surface area (Å²) in [7, 11) is -3.57. The monoisotopic (exact) mass is 352 g/mol. The number of hydrogen-bond donors (Lipinski definition) is 3. The normalized spacial score (nSPS) is 24.6. The van der Waals surface area contributed by atoms with Crippen molar-refractivity contribution in [2.24, 2.45) is 0 Å². The van der Waals surface area contributed by atoms with E-state index in [1.165, 1.54) is 12.1 Å². The van der Waals surface area contributed by atoms with E-state index in [9.17, 15) is 18.3 Å². The zero-order valence-electron chi connectivity index (χ0n) is 13.8. The fraction of sp³-hybridized carbons (Fsp3) is 0.588. The molecule has 0 spiro atoms. The third-order valence-corrected chi connectivity index (χ3v) is 6.21. The van der Waals surface area contributed by atoms with Crippen LogP contribution >= 0.6 is 0 Å². The summed E-state index contributed by atoms with van der Waals surface area (Å²) in [6, 6.07) is 4.72. The van der Waals surface area contributed by atoms with Gasteiger partial charge in [0.25, 0.3) is 5.91 Å². The van der Waals surface area contributed by atoms with Crippen LogP contribution in [0.3, 0.4) is 0 Å². The number of aliphatic hydroxyl groups is 1. The van der Waals surface area contributed by atoms with E-state index in [-0.39, 0.29) is 29.0 Å². The van der Waals surface area contributed by atoms with E-state index in [0.717, 1.165) is 31.2 Å². The van der Waals surface area contributed by atoms with Crippen molar-refractivity contribution in [2.45, 2.75) is 68.5 Å². The van der Waals surface area contributed by atoms with Crippen LogP contribution in [0.15, 0.2) is 23.1 Å². The van der Waals surface area contributed by atoms with Crippen LogP contribution in [-0.2, 0) is 10.0 Å². The first-order chi connectivity index (χ1) is 11.3. The van der Waals surface area contributed by atoms with Crippen LogP contribution in [0.1, 0.15) is 54.4 Å². The minimum Gasteiger partial charge on any atom is -0.393 e. The molecule has 0 radical (unpaired) electrons. The molecule has 0 bridgehead atoms. The predicted molar refractivity (Wildman–Crippen MR) is 90.3 cm³/mol. The summed E-state index contributed by atoms with van der Waals surface area (Å²) >= 11 is 0. The van der Waals surface area contributed by atoms with Crippen molar-refractivity contribution < 1.29 is 18.3 Å². The second kappa shape index (κ2) is 6.82. The lowest BCUT2D eigenvalue weighted by molar-refractivity contribution is 0.0867. The molecule has 0 unspecified atom stereocenters. The molecule has 3 rings (SSSR count). The van der Waals surface area contributed by atoms with Crippen LogP contribution in [0.4, 0.5) is 0 Å². The lowest BCUT2D eigenvalue weighted by Gasteiger charge is -2.26. The maximum Gasteiger partial charge on any atom is 0.251 e. The van der Waals surface area contributed by atoms with Crippen molar-refractivity contribution in [3.05, 3.63) is 29.3 Å². The van der Waals surface area contributed by atoms with E-state index in [1.54, 1.807) is 13.0 Å². The molecular formula is C17H24N2O4S. The molecule has 2 aliphatic carbocycles. The van der Waals surface area contributed by atoms with E-state index < -0.39 is 10.0 Å². The molecule has 2 saturated carbocycles. The van der Waals surface area contributed by atoms with E-state index in [4.69, 9.17) is 0 Å². The maximum atomic E-state index is 12.5. The van der Waals surface area contributed by atoms with Crippen molar-refractivity contribution in [2.75, 3.05) is 0 Å². The van der Waals surface area contributed by atoms with Crippen LogP contribution < -0.4 is 10.0 Å². The summed E-state index contributed by atoms with van der Waals surface area (Å²) in [5.41, 5.74) is 1.13. The van der Waals surface area contributed by atoms with Crippen molar-refractivity contribution in [3.63, 3.8) is 0 Å². The molecule has 1 aromatic carbocycles. The van der Waals surface area contributed by atoms with Gasteiger partial charge < -0.3 is 10.4 Å². The Kier molecular flexibility index (Phi) is 4.94. The molecule has 132 valence electrons. The Hall–Kier alpha value is -1.44. The topological polar surface area (TPSA) is 95.5 Å². The zero-order valence-corrected chi connectivity index (χ0v) is 14.6. The molecule has 2 fully saturated rings. The Labute approximate surface area is 142 Å². The van der Waals surface area contributed by atoms with Gasteiger partial charge in [0, 0.05) is 17.6 Å². The number of aliphatic hydroxyl groups excluding tert-OH is 1. The SMILES string of the molecule is Cc1ccc(S(=O)(=O)NC2CC2)cc1C(=O)NC1CCC(O)CC1. The standard InChI is InChI=1S/C17H24N2O4S/c1-11-2-9-15(24(22,23)19-13-3-4-13)10-16(11)17(21)18-12-5-7-14(20)8-6-12/h2,9-10,12-14,19-20H,3-8H2,1H3,(H,18,21). The first kappa shape index (κ1) is 17.4. The zero-order chi connectivity index (χ0) is 17.3. The Balaban J connectivity index is 1.74. The molecular weight excluding hydrogens is 328 g/mol. The highest BCUT2D eigenvalue weighted by atomic mass is 32.2. The minimum atomic E-state index is -3.57. The Morgan fingerprint density at radius 3 is 2.33 bits per heavy atom. The highest BCUT2D eigenvalue weighted by Gasteiger charge is 2.29. The van der Waals surface area contributed by atoms with Crippen molar-refractivity contribution in [3.8, 4) is 0 Å². The van der Waals surface area contributed by atoms with E-state index in [2.05, 4.69) is 10.0 Å². The van der Waals surface area contributed by atoms with Gasteiger partial charge in [0.2, 0.25) is 10.0 Å². The number of amides is 1. The van der Waals surface area contributed by atoms with Crippen molar-refractivity contribution in [1.29, 1.82) is 0 Å². The maximum absolute atomic E-state index is 12.5. The first-order valence-corrected chi connectivity index (χ1v) is 9.95. The third-order valence-electron chi connectivity index (χ3n) is 4.70. The van der Waals surface area contributed by atoms with Gasteiger partial charge in [-0.1, -0.05) is 6.07 Å². The summed E-state index contributed by atoms with van der Waals surface area (Å²) in [5, 5.41) is 12.5. The average molecular weight is 352 g/mol. The van der Waals surface area contributed by atoms with Gasteiger partial charge in [0.05, 0.1) is 11.0 Å². The smallest absolute Gasteiger partial charge is 0.251 e.